The minimum absolute atomic E-state index is 0.0750. The van der Waals surface area contributed by atoms with Gasteiger partial charge in [-0.2, -0.15) is 0 Å². The molecule has 0 aromatic heterocycles. The summed E-state index contributed by atoms with van der Waals surface area (Å²) >= 11 is 12.1. The molecule has 0 amide bonds. The Labute approximate surface area is 194 Å². The van der Waals surface area contributed by atoms with Gasteiger partial charge in [-0.3, -0.25) is 9.80 Å². The Morgan fingerprint density at radius 3 is 2.16 bits per heavy atom. The molecule has 1 N–H and O–H groups in total. The zero-order chi connectivity index (χ0) is 22.6. The van der Waals surface area contributed by atoms with E-state index in [1.54, 1.807) is 0 Å². The van der Waals surface area contributed by atoms with Gasteiger partial charge in [0.2, 0.25) is 10.0 Å². The van der Waals surface area contributed by atoms with E-state index in [-0.39, 0.29) is 16.9 Å². The Hall–Kier alpha value is -1.22. The fraction of sp³-hybridized carbons (Fsp3) is 0.455. The fourth-order valence-electron chi connectivity index (χ4n) is 3.57. The first kappa shape index (κ1) is 24.4. The van der Waals surface area contributed by atoms with Gasteiger partial charge in [0.25, 0.3) is 0 Å². The van der Waals surface area contributed by atoms with Gasteiger partial charge < -0.3 is 0 Å². The molecule has 0 bridgehead atoms. The van der Waals surface area contributed by atoms with Gasteiger partial charge in [-0.15, -0.1) is 0 Å². The molecule has 1 aliphatic rings. The van der Waals surface area contributed by atoms with Gasteiger partial charge in [0, 0.05) is 45.3 Å². The predicted molar refractivity (Wildman–Crippen MR) is 124 cm³/mol. The maximum Gasteiger partial charge on any atom is 0.240 e. The molecule has 2 aromatic carbocycles. The monoisotopic (exact) mass is 487 g/mol. The number of nitrogens with one attached hydrogen (secondary N) is 1. The van der Waals surface area contributed by atoms with Crippen molar-refractivity contribution < 1.29 is 12.8 Å². The smallest absolute Gasteiger partial charge is 0.240 e. The normalized spacial score (nSPS) is 17.2. The van der Waals surface area contributed by atoms with Gasteiger partial charge in [-0.25, -0.2) is 17.5 Å². The van der Waals surface area contributed by atoms with Gasteiger partial charge in [0.15, 0.2) is 0 Å². The molecule has 2 aromatic rings. The van der Waals surface area contributed by atoms with Crippen LogP contribution < -0.4 is 4.72 Å². The van der Waals surface area contributed by atoms with Gasteiger partial charge >= 0.3 is 0 Å². The van der Waals surface area contributed by atoms with Gasteiger partial charge in [0.1, 0.15) is 5.82 Å². The summed E-state index contributed by atoms with van der Waals surface area (Å²) in [5, 5.41) is 1.11. The number of sulfonamides is 1. The SMILES string of the molecule is CC(C)C(CN1CCN(Cc2ccc(Cl)c(Cl)c2)CC1)NS(=O)(=O)c1ccc(F)cc1. The average molecular weight is 488 g/mol. The number of nitrogens with zero attached hydrogens (tertiary/aromatic N) is 2. The second-order valence-corrected chi connectivity index (χ2v) is 10.8. The Bertz CT molecular complexity index is 979. The van der Waals surface area contributed by atoms with Crippen LogP contribution in [0.5, 0.6) is 0 Å². The lowest BCUT2D eigenvalue weighted by Gasteiger charge is -2.37. The van der Waals surface area contributed by atoms with Crippen LogP contribution in [0.2, 0.25) is 10.0 Å². The zero-order valence-electron chi connectivity index (χ0n) is 17.7. The fourth-order valence-corrected chi connectivity index (χ4v) is 5.27. The van der Waals surface area contributed by atoms with Crippen LogP contribution in [0, 0.1) is 11.7 Å². The summed E-state index contributed by atoms with van der Waals surface area (Å²) in [7, 11) is -3.71. The first-order valence-corrected chi connectivity index (χ1v) is 12.5. The van der Waals surface area contributed by atoms with Crippen molar-refractivity contribution in [2.24, 2.45) is 5.92 Å². The molecule has 31 heavy (non-hydrogen) atoms. The highest BCUT2D eigenvalue weighted by Crippen LogP contribution is 2.23. The van der Waals surface area contributed by atoms with Crippen LogP contribution in [-0.2, 0) is 16.6 Å². The van der Waals surface area contributed by atoms with E-state index in [1.165, 1.54) is 12.1 Å². The number of halogens is 3. The lowest BCUT2D eigenvalue weighted by atomic mass is 10.0. The minimum Gasteiger partial charge on any atom is -0.299 e. The molecular weight excluding hydrogens is 460 g/mol. The highest BCUT2D eigenvalue weighted by Gasteiger charge is 2.26. The van der Waals surface area contributed by atoms with Gasteiger partial charge in [0.05, 0.1) is 14.9 Å². The van der Waals surface area contributed by atoms with Crippen LogP contribution in [0.15, 0.2) is 47.4 Å². The van der Waals surface area contributed by atoms with Crippen molar-refractivity contribution in [3.8, 4) is 0 Å². The Morgan fingerprint density at radius 1 is 0.968 bits per heavy atom. The van der Waals surface area contributed by atoms with E-state index in [1.807, 2.05) is 32.0 Å². The molecule has 3 rings (SSSR count). The summed E-state index contributed by atoms with van der Waals surface area (Å²) in [5.41, 5.74) is 1.12. The first-order chi connectivity index (χ1) is 14.6. The summed E-state index contributed by atoms with van der Waals surface area (Å²) in [4.78, 5) is 4.71. The molecule has 170 valence electrons. The Balaban J connectivity index is 1.55. The summed E-state index contributed by atoms with van der Waals surface area (Å²) < 4.78 is 41.4. The molecule has 1 unspecified atom stereocenters. The summed E-state index contributed by atoms with van der Waals surface area (Å²) in [6.45, 7) is 8.89. The number of benzene rings is 2. The third kappa shape index (κ3) is 6.88. The van der Waals surface area contributed by atoms with Crippen molar-refractivity contribution in [1.29, 1.82) is 0 Å². The van der Waals surface area contributed by atoms with Crippen molar-refractivity contribution >= 4 is 33.2 Å². The maximum absolute atomic E-state index is 13.1. The van der Waals surface area contributed by atoms with Gasteiger partial charge in [-0.05, 0) is 47.9 Å². The lowest BCUT2D eigenvalue weighted by molar-refractivity contribution is 0.115. The lowest BCUT2D eigenvalue weighted by Crippen LogP contribution is -2.52. The van der Waals surface area contributed by atoms with Crippen molar-refractivity contribution in [3.05, 3.63) is 63.9 Å². The van der Waals surface area contributed by atoms with Crippen LogP contribution in [0.3, 0.4) is 0 Å². The second-order valence-electron chi connectivity index (χ2n) is 8.25. The third-order valence-electron chi connectivity index (χ3n) is 5.55. The average Bonchev–Trinajstić information content (AvgIpc) is 2.72. The third-order valence-corrected chi connectivity index (χ3v) is 7.79. The van der Waals surface area contributed by atoms with E-state index < -0.39 is 15.8 Å². The van der Waals surface area contributed by atoms with E-state index in [2.05, 4.69) is 14.5 Å². The van der Waals surface area contributed by atoms with E-state index in [0.717, 1.165) is 50.4 Å². The molecular formula is C22H28Cl2FN3O2S. The molecule has 1 fully saturated rings. The number of hydrogen-bond acceptors (Lipinski definition) is 4. The van der Waals surface area contributed by atoms with E-state index in [9.17, 15) is 12.8 Å². The van der Waals surface area contributed by atoms with Gasteiger partial charge in [-0.1, -0.05) is 43.1 Å². The molecule has 0 saturated carbocycles. The van der Waals surface area contributed by atoms with Crippen LogP contribution >= 0.6 is 23.2 Å². The number of piperazine rings is 1. The first-order valence-electron chi connectivity index (χ1n) is 10.3. The van der Waals surface area contributed by atoms with Crippen molar-refractivity contribution in [3.63, 3.8) is 0 Å². The predicted octanol–water partition coefficient (Wildman–Crippen LogP) is 4.25. The number of rotatable bonds is 8. The van der Waals surface area contributed by atoms with Crippen LogP contribution in [0.4, 0.5) is 4.39 Å². The molecule has 0 aliphatic carbocycles. The second kappa shape index (κ2) is 10.6. The molecule has 1 aliphatic heterocycles. The molecule has 1 heterocycles. The molecule has 0 spiro atoms. The van der Waals surface area contributed by atoms with Crippen molar-refractivity contribution in [2.45, 2.75) is 31.3 Å². The standard InChI is InChI=1S/C22H28Cl2FN3O2S/c1-16(2)22(26-31(29,30)19-6-4-18(25)5-7-19)15-28-11-9-27(10-12-28)14-17-3-8-20(23)21(24)13-17/h3-8,13,16,22,26H,9-12,14-15H2,1-2H3. The summed E-state index contributed by atoms with van der Waals surface area (Å²) in [5.74, 6) is -0.345. The Morgan fingerprint density at radius 2 is 1.58 bits per heavy atom. The highest BCUT2D eigenvalue weighted by atomic mass is 35.5. The zero-order valence-corrected chi connectivity index (χ0v) is 20.0. The summed E-state index contributed by atoms with van der Waals surface area (Å²) in [6, 6.07) is 10.4. The molecule has 1 saturated heterocycles. The van der Waals surface area contributed by atoms with E-state index in [4.69, 9.17) is 23.2 Å². The van der Waals surface area contributed by atoms with Crippen LogP contribution in [0.1, 0.15) is 19.4 Å². The largest absolute Gasteiger partial charge is 0.299 e. The van der Waals surface area contributed by atoms with E-state index >= 15 is 0 Å². The van der Waals surface area contributed by atoms with Crippen LogP contribution in [0.25, 0.3) is 0 Å². The quantitative estimate of drug-likeness (QED) is 0.604. The van der Waals surface area contributed by atoms with Crippen molar-refractivity contribution in [2.75, 3.05) is 32.7 Å². The topological polar surface area (TPSA) is 52.6 Å². The molecule has 5 nitrogen and oxygen atoms in total. The van der Waals surface area contributed by atoms with Crippen LogP contribution in [-0.4, -0.2) is 57.0 Å². The highest BCUT2D eigenvalue weighted by molar-refractivity contribution is 7.89. The minimum atomic E-state index is -3.71. The van der Waals surface area contributed by atoms with Crippen molar-refractivity contribution in [1.82, 2.24) is 14.5 Å². The van der Waals surface area contributed by atoms with E-state index in [0.29, 0.717) is 16.6 Å². The maximum atomic E-state index is 13.1. The number of hydrogen-bond donors (Lipinski definition) is 1. The summed E-state index contributed by atoms with van der Waals surface area (Å²) in [6.07, 6.45) is 0. The molecule has 0 radical (unpaired) electrons. The molecule has 9 heteroatoms. The Kier molecular flexibility index (Phi) is 8.35. The molecule has 1 atom stereocenters.